The standard InChI is InChI=1S/C25H25N5O4S/c1-4-12-30-23(19-11-14-33-17(19)2)27-28-25(30)35-16-22(31)29(3)21-10-6-5-9-20(21)24(32)26-15-18-8-7-13-34-18/h4-11,13-14H,1,12,15-16H2,2-3H3,(H,26,32). The number of carbonyl (C=O) groups excluding carboxylic acids is 2. The summed E-state index contributed by atoms with van der Waals surface area (Å²) in [4.78, 5) is 27.3. The average molecular weight is 492 g/mol. The molecule has 0 aliphatic heterocycles. The molecule has 35 heavy (non-hydrogen) atoms. The van der Waals surface area contributed by atoms with E-state index in [0.29, 0.717) is 34.5 Å². The molecule has 10 heteroatoms. The normalized spacial score (nSPS) is 10.8. The minimum Gasteiger partial charge on any atom is -0.469 e. The Labute approximate surface area is 206 Å². The smallest absolute Gasteiger partial charge is 0.253 e. The van der Waals surface area contributed by atoms with Crippen molar-refractivity contribution in [2.45, 2.75) is 25.2 Å². The van der Waals surface area contributed by atoms with Crippen LogP contribution >= 0.6 is 11.8 Å². The molecule has 0 unspecified atom stereocenters. The number of thioether (sulfide) groups is 1. The third kappa shape index (κ3) is 5.38. The van der Waals surface area contributed by atoms with Crippen molar-refractivity contribution >= 4 is 29.3 Å². The molecular weight excluding hydrogens is 466 g/mol. The number of aromatic nitrogens is 3. The van der Waals surface area contributed by atoms with Crippen LogP contribution in [0.2, 0.25) is 0 Å². The van der Waals surface area contributed by atoms with E-state index in [1.165, 1.54) is 16.7 Å². The zero-order valence-corrected chi connectivity index (χ0v) is 20.2. The highest BCUT2D eigenvalue weighted by Gasteiger charge is 2.21. The van der Waals surface area contributed by atoms with Crippen LogP contribution < -0.4 is 10.2 Å². The van der Waals surface area contributed by atoms with Crippen LogP contribution in [0.25, 0.3) is 11.4 Å². The highest BCUT2D eigenvalue weighted by atomic mass is 32.2. The molecule has 4 rings (SSSR count). The third-order valence-corrected chi connectivity index (χ3v) is 6.29. The van der Waals surface area contributed by atoms with Crippen LogP contribution in [0.1, 0.15) is 21.9 Å². The van der Waals surface area contributed by atoms with Gasteiger partial charge in [0.15, 0.2) is 11.0 Å². The first-order valence-corrected chi connectivity index (χ1v) is 11.9. The Kier molecular flexibility index (Phi) is 7.51. The molecule has 0 fully saturated rings. The van der Waals surface area contributed by atoms with E-state index in [9.17, 15) is 9.59 Å². The maximum atomic E-state index is 13.1. The number of para-hydroxylation sites is 1. The van der Waals surface area contributed by atoms with E-state index < -0.39 is 0 Å². The number of allylic oxidation sites excluding steroid dienone is 1. The largest absolute Gasteiger partial charge is 0.469 e. The van der Waals surface area contributed by atoms with Crippen LogP contribution in [0, 0.1) is 6.92 Å². The summed E-state index contributed by atoms with van der Waals surface area (Å²) in [6.45, 7) is 6.41. The Morgan fingerprint density at radius 1 is 1.14 bits per heavy atom. The lowest BCUT2D eigenvalue weighted by molar-refractivity contribution is -0.115. The number of furan rings is 2. The first kappa shape index (κ1) is 24.1. The fourth-order valence-electron chi connectivity index (χ4n) is 3.50. The maximum Gasteiger partial charge on any atom is 0.253 e. The molecule has 0 saturated carbocycles. The molecule has 0 radical (unpaired) electrons. The van der Waals surface area contributed by atoms with Crippen molar-refractivity contribution in [3.05, 3.63) is 84.7 Å². The van der Waals surface area contributed by atoms with E-state index in [0.717, 1.165) is 11.3 Å². The molecule has 9 nitrogen and oxygen atoms in total. The number of nitrogens with one attached hydrogen (secondary N) is 1. The minimum absolute atomic E-state index is 0.110. The van der Waals surface area contributed by atoms with Gasteiger partial charge in [0.25, 0.3) is 5.91 Å². The zero-order valence-electron chi connectivity index (χ0n) is 19.4. The minimum atomic E-state index is -0.296. The van der Waals surface area contributed by atoms with Gasteiger partial charge >= 0.3 is 0 Å². The van der Waals surface area contributed by atoms with Crippen LogP contribution in [0.4, 0.5) is 5.69 Å². The van der Waals surface area contributed by atoms with Gasteiger partial charge in [0.1, 0.15) is 11.5 Å². The fourth-order valence-corrected chi connectivity index (χ4v) is 4.36. The second-order valence-electron chi connectivity index (χ2n) is 7.62. The van der Waals surface area contributed by atoms with E-state index in [4.69, 9.17) is 8.83 Å². The average Bonchev–Trinajstić information content (AvgIpc) is 3.62. The predicted molar refractivity (Wildman–Crippen MR) is 133 cm³/mol. The number of amides is 2. The Morgan fingerprint density at radius 2 is 1.97 bits per heavy atom. The zero-order chi connectivity index (χ0) is 24.8. The molecule has 0 bridgehead atoms. The molecule has 0 spiro atoms. The van der Waals surface area contributed by atoms with Gasteiger partial charge in [0.05, 0.1) is 41.6 Å². The number of rotatable bonds is 10. The summed E-state index contributed by atoms with van der Waals surface area (Å²) in [5, 5.41) is 12.0. The van der Waals surface area contributed by atoms with Gasteiger partial charge in [-0.15, -0.1) is 16.8 Å². The van der Waals surface area contributed by atoms with Crippen molar-refractivity contribution < 1.29 is 18.4 Å². The van der Waals surface area contributed by atoms with Crippen LogP contribution in [0.3, 0.4) is 0 Å². The monoisotopic (exact) mass is 491 g/mol. The van der Waals surface area contributed by atoms with Crippen LogP contribution in [-0.2, 0) is 17.9 Å². The highest BCUT2D eigenvalue weighted by Crippen LogP contribution is 2.28. The summed E-state index contributed by atoms with van der Waals surface area (Å²) in [5.74, 6) is 1.66. The summed E-state index contributed by atoms with van der Waals surface area (Å²) < 4.78 is 12.5. The van der Waals surface area contributed by atoms with Gasteiger partial charge in [-0.05, 0) is 37.3 Å². The molecule has 0 atom stereocenters. The lowest BCUT2D eigenvalue weighted by Gasteiger charge is -2.20. The Hall–Kier alpha value is -4.05. The van der Waals surface area contributed by atoms with E-state index >= 15 is 0 Å². The van der Waals surface area contributed by atoms with Gasteiger partial charge < -0.3 is 19.1 Å². The molecule has 0 aliphatic carbocycles. The number of nitrogens with zero attached hydrogens (tertiary/aromatic N) is 4. The van der Waals surface area contributed by atoms with Gasteiger partial charge in [-0.1, -0.05) is 30.0 Å². The van der Waals surface area contributed by atoms with Gasteiger partial charge in [0, 0.05) is 13.6 Å². The third-order valence-electron chi connectivity index (χ3n) is 5.34. The lowest BCUT2D eigenvalue weighted by atomic mass is 10.1. The number of aryl methyl sites for hydroxylation is 1. The maximum absolute atomic E-state index is 13.1. The van der Waals surface area contributed by atoms with Crippen LogP contribution in [0.5, 0.6) is 0 Å². The van der Waals surface area contributed by atoms with Crippen LogP contribution in [0.15, 0.2) is 81.6 Å². The number of hydrogen-bond donors (Lipinski definition) is 1. The number of hydrogen-bond acceptors (Lipinski definition) is 7. The first-order chi connectivity index (χ1) is 17.0. The van der Waals surface area contributed by atoms with E-state index in [2.05, 4.69) is 22.1 Å². The van der Waals surface area contributed by atoms with Crippen molar-refractivity contribution in [3.63, 3.8) is 0 Å². The fraction of sp³-hybridized carbons (Fsp3) is 0.200. The van der Waals surface area contributed by atoms with Crippen molar-refractivity contribution in [2.75, 3.05) is 17.7 Å². The van der Waals surface area contributed by atoms with Crippen molar-refractivity contribution in [3.8, 4) is 11.4 Å². The highest BCUT2D eigenvalue weighted by molar-refractivity contribution is 7.99. The second-order valence-corrected chi connectivity index (χ2v) is 8.56. The summed E-state index contributed by atoms with van der Waals surface area (Å²) >= 11 is 1.27. The molecule has 0 saturated heterocycles. The molecule has 2 amide bonds. The van der Waals surface area contributed by atoms with Gasteiger partial charge in [0.2, 0.25) is 5.91 Å². The molecule has 0 aliphatic rings. The van der Waals surface area contributed by atoms with E-state index in [-0.39, 0.29) is 24.1 Å². The summed E-state index contributed by atoms with van der Waals surface area (Å²) in [6, 6.07) is 12.3. The number of benzene rings is 1. The van der Waals surface area contributed by atoms with E-state index in [1.54, 1.807) is 62.0 Å². The molecular formula is C25H25N5O4S. The molecule has 180 valence electrons. The summed E-state index contributed by atoms with van der Waals surface area (Å²) in [5.41, 5.74) is 1.74. The molecule has 1 N–H and O–H groups in total. The number of anilines is 1. The predicted octanol–water partition coefficient (Wildman–Crippen LogP) is 4.31. The Bertz CT molecular complexity index is 1330. The molecule has 4 aromatic rings. The van der Waals surface area contributed by atoms with E-state index in [1.807, 2.05) is 17.6 Å². The molecule has 1 aromatic carbocycles. The van der Waals surface area contributed by atoms with Crippen LogP contribution in [-0.4, -0.2) is 39.4 Å². The second kappa shape index (κ2) is 10.9. The SMILES string of the molecule is C=CCn1c(SCC(=O)N(C)c2ccccc2C(=O)NCc2ccco2)nnc1-c1ccoc1C. The molecule has 3 aromatic heterocycles. The Balaban J connectivity index is 1.46. The van der Waals surface area contributed by atoms with Gasteiger partial charge in [-0.25, -0.2) is 0 Å². The number of carbonyl (C=O) groups is 2. The summed E-state index contributed by atoms with van der Waals surface area (Å²) in [7, 11) is 1.65. The van der Waals surface area contributed by atoms with Crippen molar-refractivity contribution in [1.29, 1.82) is 0 Å². The Morgan fingerprint density at radius 3 is 2.69 bits per heavy atom. The first-order valence-electron chi connectivity index (χ1n) is 10.9. The molecule has 3 heterocycles. The van der Waals surface area contributed by atoms with Crippen molar-refractivity contribution in [2.24, 2.45) is 0 Å². The van der Waals surface area contributed by atoms with Crippen molar-refractivity contribution in [1.82, 2.24) is 20.1 Å². The lowest BCUT2D eigenvalue weighted by Crippen LogP contribution is -2.31. The summed E-state index contributed by atoms with van der Waals surface area (Å²) in [6.07, 6.45) is 4.90. The quantitative estimate of drug-likeness (QED) is 0.260. The topological polar surface area (TPSA) is 106 Å². The van der Waals surface area contributed by atoms with Gasteiger partial charge in [-0.2, -0.15) is 0 Å². The van der Waals surface area contributed by atoms with Gasteiger partial charge in [-0.3, -0.25) is 14.2 Å².